The smallest absolute Gasteiger partial charge is 0.412 e. The number of anilines is 3. The van der Waals surface area contributed by atoms with Gasteiger partial charge in [0, 0.05) is 24.4 Å². The average molecular weight is 574 g/mol. The molecule has 41 heavy (non-hydrogen) atoms. The van der Waals surface area contributed by atoms with Crippen molar-refractivity contribution < 1.29 is 14.3 Å². The van der Waals surface area contributed by atoms with Crippen molar-refractivity contribution in [3.8, 4) is 0 Å². The van der Waals surface area contributed by atoms with E-state index in [0.29, 0.717) is 41.2 Å². The lowest BCUT2D eigenvalue weighted by Crippen LogP contribution is -2.27. The molecule has 0 saturated heterocycles. The number of hydrogen-bond acceptors (Lipinski definition) is 7. The van der Waals surface area contributed by atoms with E-state index in [0.717, 1.165) is 16.9 Å². The Labute approximate surface area is 242 Å². The van der Waals surface area contributed by atoms with Crippen molar-refractivity contribution in [2.45, 2.75) is 64.0 Å². The standard InChI is InChI=1S/C30H32ClN7O3/c1-30(2,3)41-29(40)36-24-8-6-18(10-23(24)31)21-11-22(21)28(39)37-26-12-25(33-16-34-26)32-13-20-15-38-14-19(17-4-5-17)7-9-27(38)35-20/h6-10,12,14-17,21-22H,4-5,11,13H2,1-3H3,(H,36,40)(H2,32,33,34,37,39)/t21-,22+/m1/s1. The topological polar surface area (TPSA) is 123 Å². The molecule has 2 amide bonds. The number of nitrogens with one attached hydrogen (secondary N) is 3. The second-order valence-corrected chi connectivity index (χ2v) is 12.1. The van der Waals surface area contributed by atoms with Crippen LogP contribution in [0.5, 0.6) is 0 Å². The molecule has 2 saturated carbocycles. The number of rotatable bonds is 8. The fourth-order valence-corrected chi connectivity index (χ4v) is 5.09. The molecule has 2 aliphatic carbocycles. The fraction of sp³-hybridized carbons (Fsp3) is 0.367. The quantitative estimate of drug-likeness (QED) is 0.224. The molecule has 3 aromatic heterocycles. The lowest BCUT2D eigenvalue weighted by Gasteiger charge is -2.20. The monoisotopic (exact) mass is 573 g/mol. The number of fused-ring (bicyclic) bond motifs is 1. The summed E-state index contributed by atoms with van der Waals surface area (Å²) >= 11 is 6.41. The molecule has 0 radical (unpaired) electrons. The second-order valence-electron chi connectivity index (χ2n) is 11.7. The summed E-state index contributed by atoms with van der Waals surface area (Å²) in [4.78, 5) is 38.2. The SMILES string of the molecule is CC(C)(C)OC(=O)Nc1ccc([C@H]2C[C@@H]2C(=O)Nc2cc(NCc3cn4cc(C5CC5)ccc4n3)ncn2)cc1Cl. The van der Waals surface area contributed by atoms with E-state index in [1.54, 1.807) is 39.0 Å². The highest BCUT2D eigenvalue weighted by Gasteiger charge is 2.44. The zero-order valence-corrected chi connectivity index (χ0v) is 23.9. The van der Waals surface area contributed by atoms with Crippen LogP contribution in [0.25, 0.3) is 5.65 Å². The number of aromatic nitrogens is 4. The van der Waals surface area contributed by atoms with Crippen molar-refractivity contribution in [3.05, 3.63) is 77.0 Å². The molecule has 2 fully saturated rings. The van der Waals surface area contributed by atoms with Gasteiger partial charge in [0.15, 0.2) is 0 Å². The molecule has 4 aromatic rings. The third-order valence-corrected chi connectivity index (χ3v) is 7.44. The van der Waals surface area contributed by atoms with Crippen LogP contribution in [0.4, 0.5) is 22.1 Å². The number of benzene rings is 1. The van der Waals surface area contributed by atoms with Crippen molar-refractivity contribution in [2.24, 2.45) is 5.92 Å². The first-order valence-corrected chi connectivity index (χ1v) is 14.1. The number of pyridine rings is 1. The lowest BCUT2D eigenvalue weighted by atomic mass is 10.1. The molecule has 2 atom stereocenters. The maximum atomic E-state index is 12.9. The zero-order valence-electron chi connectivity index (χ0n) is 23.1. The minimum Gasteiger partial charge on any atom is -0.444 e. The van der Waals surface area contributed by atoms with Crippen LogP contribution in [-0.2, 0) is 16.1 Å². The number of nitrogens with zero attached hydrogens (tertiary/aromatic N) is 4. The van der Waals surface area contributed by atoms with E-state index < -0.39 is 11.7 Å². The Morgan fingerprint density at radius 3 is 2.56 bits per heavy atom. The minimum absolute atomic E-state index is 0.0398. The van der Waals surface area contributed by atoms with Gasteiger partial charge in [0.2, 0.25) is 5.91 Å². The molecule has 3 heterocycles. The van der Waals surface area contributed by atoms with E-state index in [2.05, 4.69) is 53.6 Å². The molecule has 212 valence electrons. The van der Waals surface area contributed by atoms with Crippen molar-refractivity contribution in [1.82, 2.24) is 19.4 Å². The van der Waals surface area contributed by atoms with Gasteiger partial charge in [0.05, 0.1) is 22.9 Å². The summed E-state index contributed by atoms with van der Waals surface area (Å²) in [5.41, 5.74) is 3.95. The van der Waals surface area contributed by atoms with Crippen molar-refractivity contribution >= 4 is 46.6 Å². The van der Waals surface area contributed by atoms with Gasteiger partial charge in [-0.2, -0.15) is 0 Å². The first-order chi connectivity index (χ1) is 19.6. The number of hydrogen-bond donors (Lipinski definition) is 3. The molecule has 1 aromatic carbocycles. The third-order valence-electron chi connectivity index (χ3n) is 7.13. The van der Waals surface area contributed by atoms with Crippen LogP contribution in [0.3, 0.4) is 0 Å². The van der Waals surface area contributed by atoms with Gasteiger partial charge >= 0.3 is 6.09 Å². The van der Waals surface area contributed by atoms with E-state index in [1.807, 2.05) is 12.3 Å². The normalized spacial score (nSPS) is 18.1. The van der Waals surface area contributed by atoms with Gasteiger partial charge in [0.25, 0.3) is 0 Å². The summed E-state index contributed by atoms with van der Waals surface area (Å²) in [6, 6.07) is 11.3. The number of ether oxygens (including phenoxy) is 1. The largest absolute Gasteiger partial charge is 0.444 e. The fourth-order valence-electron chi connectivity index (χ4n) is 4.86. The molecule has 6 rings (SSSR count). The maximum absolute atomic E-state index is 12.9. The highest BCUT2D eigenvalue weighted by Crippen LogP contribution is 2.49. The molecule has 2 aliphatic rings. The Kier molecular flexibility index (Phi) is 7.03. The number of imidazole rings is 1. The van der Waals surface area contributed by atoms with E-state index in [1.165, 1.54) is 24.7 Å². The van der Waals surface area contributed by atoms with Crippen LogP contribution in [0.2, 0.25) is 5.02 Å². The van der Waals surface area contributed by atoms with Crippen LogP contribution in [-0.4, -0.2) is 37.0 Å². The van der Waals surface area contributed by atoms with Crippen LogP contribution in [0.1, 0.15) is 68.7 Å². The highest BCUT2D eigenvalue weighted by atomic mass is 35.5. The van der Waals surface area contributed by atoms with Crippen LogP contribution in [0, 0.1) is 5.92 Å². The van der Waals surface area contributed by atoms with E-state index >= 15 is 0 Å². The Morgan fingerprint density at radius 2 is 1.80 bits per heavy atom. The van der Waals surface area contributed by atoms with Gasteiger partial charge in [-0.15, -0.1) is 0 Å². The van der Waals surface area contributed by atoms with Gasteiger partial charge in [-0.3, -0.25) is 10.1 Å². The second kappa shape index (κ2) is 10.7. The number of halogens is 1. The van der Waals surface area contributed by atoms with Gasteiger partial charge < -0.3 is 19.8 Å². The molecular weight excluding hydrogens is 542 g/mol. The third kappa shape index (κ3) is 6.59. The van der Waals surface area contributed by atoms with E-state index in [4.69, 9.17) is 16.3 Å². The summed E-state index contributed by atoms with van der Waals surface area (Å²) in [5.74, 6) is 1.45. The Hall–Kier alpha value is -4.18. The number of carbonyl (C=O) groups excluding carboxylic acids is 2. The number of amides is 2. The Bertz CT molecular complexity index is 1630. The predicted octanol–water partition coefficient (Wildman–Crippen LogP) is 6.36. The molecule has 10 nitrogen and oxygen atoms in total. The Morgan fingerprint density at radius 1 is 1.02 bits per heavy atom. The van der Waals surface area contributed by atoms with Gasteiger partial charge in [-0.05, 0) is 81.2 Å². The summed E-state index contributed by atoms with van der Waals surface area (Å²) in [6.45, 7) is 5.87. The summed E-state index contributed by atoms with van der Waals surface area (Å²) in [7, 11) is 0. The highest BCUT2D eigenvalue weighted by molar-refractivity contribution is 6.33. The lowest BCUT2D eigenvalue weighted by molar-refractivity contribution is -0.117. The first-order valence-electron chi connectivity index (χ1n) is 13.7. The molecule has 3 N–H and O–H groups in total. The maximum Gasteiger partial charge on any atom is 0.412 e. The van der Waals surface area contributed by atoms with E-state index in [9.17, 15) is 9.59 Å². The predicted molar refractivity (Wildman–Crippen MR) is 157 cm³/mol. The minimum atomic E-state index is -0.611. The molecule has 0 unspecified atom stereocenters. The number of carbonyl (C=O) groups is 2. The molecule has 11 heteroatoms. The van der Waals surface area contributed by atoms with Crippen molar-refractivity contribution in [1.29, 1.82) is 0 Å². The molecule has 0 spiro atoms. The van der Waals surface area contributed by atoms with Crippen molar-refractivity contribution in [3.63, 3.8) is 0 Å². The first kappa shape index (κ1) is 27.0. The Balaban J connectivity index is 1.02. The summed E-state index contributed by atoms with van der Waals surface area (Å²) in [5, 5.41) is 9.23. The van der Waals surface area contributed by atoms with Crippen LogP contribution >= 0.6 is 11.6 Å². The average Bonchev–Trinajstić information content (AvgIpc) is 3.84. The summed E-state index contributed by atoms with van der Waals surface area (Å²) < 4.78 is 7.35. The van der Waals surface area contributed by atoms with Gasteiger partial charge in [0.1, 0.15) is 29.2 Å². The van der Waals surface area contributed by atoms with Gasteiger partial charge in [-0.25, -0.2) is 19.7 Å². The summed E-state index contributed by atoms with van der Waals surface area (Å²) in [6.07, 6.45) is 8.26. The molecule has 0 aliphatic heterocycles. The van der Waals surface area contributed by atoms with Crippen molar-refractivity contribution in [2.75, 3.05) is 16.0 Å². The zero-order chi connectivity index (χ0) is 28.7. The van der Waals surface area contributed by atoms with Crippen LogP contribution in [0.15, 0.2) is 55.1 Å². The molecule has 0 bridgehead atoms. The van der Waals surface area contributed by atoms with Gasteiger partial charge in [-0.1, -0.05) is 23.7 Å². The molecular formula is C30H32ClN7O3. The van der Waals surface area contributed by atoms with E-state index in [-0.39, 0.29) is 17.7 Å². The van der Waals surface area contributed by atoms with Crippen LogP contribution < -0.4 is 16.0 Å².